The Morgan fingerprint density at radius 1 is 1.10 bits per heavy atom. The molecule has 0 saturated heterocycles. The molecule has 2 aromatic carbocycles. The van der Waals surface area contributed by atoms with Gasteiger partial charge in [-0.25, -0.2) is 0 Å². The highest BCUT2D eigenvalue weighted by Gasteiger charge is 2.06. The van der Waals surface area contributed by atoms with E-state index in [1.54, 1.807) is 7.11 Å². The van der Waals surface area contributed by atoms with E-state index in [0.717, 1.165) is 11.3 Å². The standard InChI is InChI=1S/C17H19NO3/c1-13-6-5-7-14(12-13)18-17(19)10-11-21-16-9-4-3-8-15(16)20-2/h3-9,12H,10-11H2,1-2H3,(H,18,19). The van der Waals surface area contributed by atoms with E-state index in [1.807, 2.05) is 55.5 Å². The Kier molecular flexibility index (Phi) is 5.21. The smallest absolute Gasteiger partial charge is 0.227 e. The van der Waals surface area contributed by atoms with Crippen LogP contribution in [0, 0.1) is 6.92 Å². The molecule has 0 fully saturated rings. The molecule has 0 aliphatic carbocycles. The van der Waals surface area contributed by atoms with E-state index in [9.17, 15) is 4.79 Å². The van der Waals surface area contributed by atoms with Crippen molar-refractivity contribution in [3.05, 3.63) is 54.1 Å². The van der Waals surface area contributed by atoms with Crippen molar-refractivity contribution in [2.24, 2.45) is 0 Å². The summed E-state index contributed by atoms with van der Waals surface area (Å²) < 4.78 is 10.8. The zero-order chi connectivity index (χ0) is 15.1. The number of carbonyl (C=O) groups excluding carboxylic acids is 1. The fourth-order valence-electron chi connectivity index (χ4n) is 1.94. The van der Waals surface area contributed by atoms with Gasteiger partial charge in [-0.2, -0.15) is 0 Å². The van der Waals surface area contributed by atoms with Gasteiger partial charge in [0.25, 0.3) is 0 Å². The third-order valence-electron chi connectivity index (χ3n) is 2.96. The lowest BCUT2D eigenvalue weighted by Crippen LogP contribution is -2.15. The average molecular weight is 285 g/mol. The Balaban J connectivity index is 1.82. The van der Waals surface area contributed by atoms with Crippen LogP contribution in [-0.2, 0) is 4.79 Å². The largest absolute Gasteiger partial charge is 0.493 e. The van der Waals surface area contributed by atoms with Gasteiger partial charge in [-0.3, -0.25) is 4.79 Å². The minimum absolute atomic E-state index is 0.0736. The molecule has 0 heterocycles. The van der Waals surface area contributed by atoms with Crippen LogP contribution >= 0.6 is 0 Å². The molecule has 0 atom stereocenters. The second-order valence-electron chi connectivity index (χ2n) is 4.67. The van der Waals surface area contributed by atoms with Crippen molar-refractivity contribution in [3.63, 3.8) is 0 Å². The van der Waals surface area contributed by atoms with E-state index in [4.69, 9.17) is 9.47 Å². The Morgan fingerprint density at radius 2 is 1.86 bits per heavy atom. The van der Waals surface area contributed by atoms with Gasteiger partial charge in [0.1, 0.15) is 0 Å². The lowest BCUT2D eigenvalue weighted by atomic mass is 10.2. The third-order valence-corrected chi connectivity index (χ3v) is 2.96. The lowest BCUT2D eigenvalue weighted by molar-refractivity contribution is -0.116. The van der Waals surface area contributed by atoms with E-state index in [0.29, 0.717) is 18.1 Å². The molecule has 4 nitrogen and oxygen atoms in total. The van der Waals surface area contributed by atoms with E-state index in [1.165, 1.54) is 0 Å². The predicted octanol–water partition coefficient (Wildman–Crippen LogP) is 3.41. The molecule has 0 aromatic heterocycles. The van der Waals surface area contributed by atoms with Crippen molar-refractivity contribution in [1.82, 2.24) is 0 Å². The summed E-state index contributed by atoms with van der Waals surface area (Å²) in [6.45, 7) is 2.29. The third kappa shape index (κ3) is 4.53. The van der Waals surface area contributed by atoms with Gasteiger partial charge in [0.2, 0.25) is 5.91 Å². The fourth-order valence-corrected chi connectivity index (χ4v) is 1.94. The summed E-state index contributed by atoms with van der Waals surface area (Å²) in [5, 5.41) is 2.85. The Morgan fingerprint density at radius 3 is 2.57 bits per heavy atom. The van der Waals surface area contributed by atoms with E-state index in [-0.39, 0.29) is 12.3 Å². The summed E-state index contributed by atoms with van der Waals surface area (Å²) in [5.74, 6) is 1.23. The predicted molar refractivity (Wildman–Crippen MR) is 82.9 cm³/mol. The van der Waals surface area contributed by atoms with Crippen LogP contribution in [0.3, 0.4) is 0 Å². The van der Waals surface area contributed by atoms with E-state index in [2.05, 4.69) is 5.32 Å². The minimum Gasteiger partial charge on any atom is -0.493 e. The van der Waals surface area contributed by atoms with Crippen molar-refractivity contribution in [2.45, 2.75) is 13.3 Å². The van der Waals surface area contributed by atoms with Crippen LogP contribution in [0.2, 0.25) is 0 Å². The molecule has 0 radical (unpaired) electrons. The van der Waals surface area contributed by atoms with Crippen LogP contribution in [-0.4, -0.2) is 19.6 Å². The van der Waals surface area contributed by atoms with Crippen molar-refractivity contribution < 1.29 is 14.3 Å². The van der Waals surface area contributed by atoms with Crippen LogP contribution in [0.4, 0.5) is 5.69 Å². The fraction of sp³-hybridized carbons (Fsp3) is 0.235. The number of hydrogen-bond donors (Lipinski definition) is 1. The van der Waals surface area contributed by atoms with Gasteiger partial charge in [-0.1, -0.05) is 24.3 Å². The van der Waals surface area contributed by atoms with Crippen LogP contribution in [0.25, 0.3) is 0 Å². The number of anilines is 1. The van der Waals surface area contributed by atoms with Crippen molar-refractivity contribution >= 4 is 11.6 Å². The minimum atomic E-state index is -0.0736. The van der Waals surface area contributed by atoms with E-state index < -0.39 is 0 Å². The summed E-state index contributed by atoms with van der Waals surface area (Å²) >= 11 is 0. The van der Waals surface area contributed by atoms with Gasteiger partial charge >= 0.3 is 0 Å². The van der Waals surface area contributed by atoms with Crippen LogP contribution in [0.1, 0.15) is 12.0 Å². The highest BCUT2D eigenvalue weighted by atomic mass is 16.5. The molecule has 0 aliphatic heterocycles. The average Bonchev–Trinajstić information content (AvgIpc) is 2.47. The lowest BCUT2D eigenvalue weighted by Gasteiger charge is -2.10. The topological polar surface area (TPSA) is 47.6 Å². The molecule has 0 saturated carbocycles. The summed E-state index contributed by atoms with van der Waals surface area (Å²) in [6, 6.07) is 15.1. The molecule has 0 bridgehead atoms. The maximum atomic E-state index is 11.8. The highest BCUT2D eigenvalue weighted by molar-refractivity contribution is 5.90. The van der Waals surface area contributed by atoms with Gasteiger partial charge in [-0.15, -0.1) is 0 Å². The number of amides is 1. The van der Waals surface area contributed by atoms with Crippen molar-refractivity contribution in [3.8, 4) is 11.5 Å². The number of ether oxygens (including phenoxy) is 2. The first-order valence-corrected chi connectivity index (χ1v) is 6.81. The molecule has 0 spiro atoms. The second kappa shape index (κ2) is 7.33. The van der Waals surface area contributed by atoms with Crippen LogP contribution in [0.15, 0.2) is 48.5 Å². The molecule has 4 heteroatoms. The number of aryl methyl sites for hydroxylation is 1. The molecule has 0 unspecified atom stereocenters. The maximum Gasteiger partial charge on any atom is 0.227 e. The summed E-state index contributed by atoms with van der Waals surface area (Å²) in [5.41, 5.74) is 1.91. The van der Waals surface area contributed by atoms with Gasteiger partial charge in [-0.05, 0) is 36.8 Å². The van der Waals surface area contributed by atoms with Crippen LogP contribution < -0.4 is 14.8 Å². The molecule has 2 rings (SSSR count). The highest BCUT2D eigenvalue weighted by Crippen LogP contribution is 2.25. The number of para-hydroxylation sites is 2. The maximum absolute atomic E-state index is 11.8. The van der Waals surface area contributed by atoms with E-state index >= 15 is 0 Å². The van der Waals surface area contributed by atoms with Gasteiger partial charge in [0.15, 0.2) is 11.5 Å². The Hall–Kier alpha value is -2.49. The number of rotatable bonds is 6. The number of methoxy groups -OCH3 is 1. The first-order chi connectivity index (χ1) is 10.2. The monoisotopic (exact) mass is 285 g/mol. The quantitative estimate of drug-likeness (QED) is 0.884. The molecular formula is C17H19NO3. The Bertz CT molecular complexity index is 610. The van der Waals surface area contributed by atoms with Gasteiger partial charge < -0.3 is 14.8 Å². The molecule has 1 amide bonds. The first kappa shape index (κ1) is 14.9. The SMILES string of the molecule is COc1ccccc1OCCC(=O)Nc1cccc(C)c1. The van der Waals surface area contributed by atoms with Gasteiger partial charge in [0.05, 0.1) is 20.1 Å². The van der Waals surface area contributed by atoms with Crippen molar-refractivity contribution in [1.29, 1.82) is 0 Å². The summed E-state index contributed by atoms with van der Waals surface area (Å²) in [4.78, 5) is 11.8. The normalized spacial score (nSPS) is 10.0. The number of hydrogen-bond acceptors (Lipinski definition) is 3. The first-order valence-electron chi connectivity index (χ1n) is 6.81. The zero-order valence-corrected chi connectivity index (χ0v) is 12.3. The van der Waals surface area contributed by atoms with Crippen LogP contribution in [0.5, 0.6) is 11.5 Å². The molecule has 2 aromatic rings. The molecular weight excluding hydrogens is 266 g/mol. The zero-order valence-electron chi connectivity index (χ0n) is 12.3. The molecule has 21 heavy (non-hydrogen) atoms. The number of benzene rings is 2. The van der Waals surface area contributed by atoms with Gasteiger partial charge in [0, 0.05) is 5.69 Å². The number of carbonyl (C=O) groups is 1. The molecule has 1 N–H and O–H groups in total. The Labute approximate surface area is 124 Å². The van der Waals surface area contributed by atoms with Crippen molar-refractivity contribution in [2.75, 3.05) is 19.0 Å². The number of nitrogens with one attached hydrogen (secondary N) is 1. The molecule has 0 aliphatic rings. The molecule has 110 valence electrons. The second-order valence-corrected chi connectivity index (χ2v) is 4.67. The summed E-state index contributed by atoms with van der Waals surface area (Å²) in [7, 11) is 1.59. The summed E-state index contributed by atoms with van der Waals surface area (Å²) in [6.07, 6.45) is 0.284.